The summed E-state index contributed by atoms with van der Waals surface area (Å²) < 4.78 is 5.47. The highest BCUT2D eigenvalue weighted by Crippen LogP contribution is 2.15. The molecule has 0 spiro atoms. The SMILES string of the molecule is CN1CCN(CCNC(=O)c2ccc(NC(=O)Nc3ccc(C(=N)/N=C(\c4ccc[nH]4)N4CCOCC4)cc3)cc2)CC1. The molecule has 3 aromatic rings. The molecule has 2 saturated heterocycles. The normalized spacial score (nSPS) is 16.5. The average molecular weight is 586 g/mol. The number of H-pyrrole nitrogens is 1. The van der Waals surface area contributed by atoms with Crippen molar-refractivity contribution >= 4 is 35.0 Å². The van der Waals surface area contributed by atoms with E-state index in [4.69, 9.17) is 10.1 Å². The molecular formula is C31H39N9O3. The third-order valence-corrected chi connectivity index (χ3v) is 7.50. The highest BCUT2D eigenvalue weighted by atomic mass is 16.5. The lowest BCUT2D eigenvalue weighted by molar-refractivity contribution is 0.0682. The zero-order valence-electron chi connectivity index (χ0n) is 24.4. The predicted molar refractivity (Wildman–Crippen MR) is 168 cm³/mol. The van der Waals surface area contributed by atoms with Crippen molar-refractivity contribution in [2.24, 2.45) is 4.99 Å². The molecule has 226 valence electrons. The fourth-order valence-corrected chi connectivity index (χ4v) is 4.93. The van der Waals surface area contributed by atoms with Gasteiger partial charge in [-0.2, -0.15) is 0 Å². The molecular weight excluding hydrogens is 546 g/mol. The standard InChI is InChI=1S/C31H39N9O3/c1-38-15-17-39(18-16-38)14-13-34-30(41)24-6-10-26(11-7-24)36-31(42)35-25-8-4-23(5-9-25)28(32)37-29(27-3-2-12-33-27)40-19-21-43-22-20-40/h2-12,32-33H,13-22H2,1H3,(H,34,41)(H2,35,36,42)/b32-28?,37-29+. The Balaban J connectivity index is 1.10. The highest BCUT2D eigenvalue weighted by Gasteiger charge is 2.19. The quantitative estimate of drug-likeness (QED) is 0.203. The van der Waals surface area contributed by atoms with E-state index in [1.807, 2.05) is 18.3 Å². The van der Waals surface area contributed by atoms with Gasteiger partial charge in [0.2, 0.25) is 0 Å². The Morgan fingerprint density at radius 2 is 1.51 bits per heavy atom. The van der Waals surface area contributed by atoms with Gasteiger partial charge in [-0.3, -0.25) is 15.1 Å². The summed E-state index contributed by atoms with van der Waals surface area (Å²) in [5, 5.41) is 17.1. The van der Waals surface area contributed by atoms with Gasteiger partial charge in [0.05, 0.1) is 18.9 Å². The zero-order chi connectivity index (χ0) is 30.0. The topological polar surface area (TPSA) is 141 Å². The molecule has 3 amide bonds. The van der Waals surface area contributed by atoms with Gasteiger partial charge in [0.15, 0.2) is 11.7 Å². The summed E-state index contributed by atoms with van der Waals surface area (Å²) in [5.74, 6) is 0.690. The first-order chi connectivity index (χ1) is 20.9. The monoisotopic (exact) mass is 585 g/mol. The largest absolute Gasteiger partial charge is 0.378 e. The number of hydrogen-bond acceptors (Lipinski definition) is 6. The van der Waals surface area contributed by atoms with Gasteiger partial charge in [0.1, 0.15) is 0 Å². The van der Waals surface area contributed by atoms with E-state index in [-0.39, 0.29) is 11.7 Å². The van der Waals surface area contributed by atoms with Crippen molar-refractivity contribution in [3.63, 3.8) is 0 Å². The zero-order valence-corrected chi connectivity index (χ0v) is 24.4. The van der Waals surface area contributed by atoms with Gasteiger partial charge in [0.25, 0.3) is 5.91 Å². The van der Waals surface area contributed by atoms with Gasteiger partial charge >= 0.3 is 6.03 Å². The molecule has 5 N–H and O–H groups in total. The van der Waals surface area contributed by atoms with Gasteiger partial charge in [-0.1, -0.05) is 0 Å². The van der Waals surface area contributed by atoms with Gasteiger partial charge in [-0.05, 0) is 67.7 Å². The van der Waals surface area contributed by atoms with Crippen molar-refractivity contribution in [3.8, 4) is 0 Å². The smallest absolute Gasteiger partial charge is 0.323 e. The number of aliphatic imine (C=N–C) groups is 1. The molecule has 5 rings (SSSR count). The molecule has 1 aromatic heterocycles. The van der Waals surface area contributed by atoms with Crippen LogP contribution in [0.4, 0.5) is 16.2 Å². The summed E-state index contributed by atoms with van der Waals surface area (Å²) in [6.07, 6.45) is 1.84. The second-order valence-corrected chi connectivity index (χ2v) is 10.6. The van der Waals surface area contributed by atoms with Gasteiger partial charge in [-0.15, -0.1) is 0 Å². The number of aromatic nitrogens is 1. The van der Waals surface area contributed by atoms with Crippen LogP contribution in [0.1, 0.15) is 21.6 Å². The molecule has 12 heteroatoms. The fourth-order valence-electron chi connectivity index (χ4n) is 4.93. The molecule has 3 heterocycles. The van der Waals surface area contributed by atoms with E-state index in [9.17, 15) is 9.59 Å². The lowest BCUT2D eigenvalue weighted by Crippen LogP contribution is -2.46. The molecule has 2 aliphatic rings. The Hall–Kier alpha value is -4.52. The number of carbonyl (C=O) groups excluding carboxylic acids is 2. The number of likely N-dealkylation sites (N-methyl/N-ethyl adjacent to an activating group) is 1. The summed E-state index contributed by atoms with van der Waals surface area (Å²) in [4.78, 5) is 39.7. The maximum Gasteiger partial charge on any atom is 0.323 e. The Kier molecular flexibility index (Phi) is 10.2. The maximum atomic E-state index is 12.6. The molecule has 2 fully saturated rings. The minimum absolute atomic E-state index is 0.121. The van der Waals surface area contributed by atoms with Crippen molar-refractivity contribution in [2.75, 3.05) is 83.3 Å². The van der Waals surface area contributed by atoms with Crippen LogP contribution >= 0.6 is 0 Å². The van der Waals surface area contributed by atoms with Crippen LogP contribution in [0.2, 0.25) is 0 Å². The van der Waals surface area contributed by atoms with Crippen LogP contribution in [-0.2, 0) is 4.74 Å². The van der Waals surface area contributed by atoms with E-state index < -0.39 is 6.03 Å². The molecule has 2 aromatic carbocycles. The number of nitrogens with zero attached hydrogens (tertiary/aromatic N) is 4. The van der Waals surface area contributed by atoms with Crippen LogP contribution in [0, 0.1) is 5.41 Å². The lowest BCUT2D eigenvalue weighted by atomic mass is 10.2. The summed E-state index contributed by atoms with van der Waals surface area (Å²) in [5.41, 5.74) is 3.15. The van der Waals surface area contributed by atoms with Crippen molar-refractivity contribution in [1.29, 1.82) is 5.41 Å². The van der Waals surface area contributed by atoms with E-state index >= 15 is 0 Å². The summed E-state index contributed by atoms with van der Waals surface area (Å²) in [6, 6.07) is 17.2. The second kappa shape index (κ2) is 14.6. The summed E-state index contributed by atoms with van der Waals surface area (Å²) >= 11 is 0. The van der Waals surface area contributed by atoms with E-state index in [1.165, 1.54) is 0 Å². The average Bonchev–Trinajstić information content (AvgIpc) is 3.57. The van der Waals surface area contributed by atoms with Crippen LogP contribution in [0.3, 0.4) is 0 Å². The molecule has 0 saturated carbocycles. The molecule has 0 radical (unpaired) electrons. The Bertz CT molecular complexity index is 1390. The Morgan fingerprint density at radius 3 is 2.12 bits per heavy atom. The van der Waals surface area contributed by atoms with Crippen LogP contribution in [0.15, 0.2) is 71.9 Å². The molecule has 0 aliphatic carbocycles. The fraction of sp³-hybridized carbons (Fsp3) is 0.355. The number of ether oxygens (including phenoxy) is 1. The highest BCUT2D eigenvalue weighted by molar-refractivity contribution is 6.10. The van der Waals surface area contributed by atoms with Crippen LogP contribution in [0.5, 0.6) is 0 Å². The van der Waals surface area contributed by atoms with Crippen molar-refractivity contribution in [3.05, 3.63) is 83.7 Å². The van der Waals surface area contributed by atoms with E-state index in [0.29, 0.717) is 61.2 Å². The van der Waals surface area contributed by atoms with Crippen LogP contribution in [0.25, 0.3) is 0 Å². The number of piperazine rings is 1. The van der Waals surface area contributed by atoms with Crippen LogP contribution in [-0.4, -0.2) is 116 Å². The minimum atomic E-state index is -0.411. The van der Waals surface area contributed by atoms with Crippen molar-refractivity contribution in [1.82, 2.24) is 25.0 Å². The number of amidine groups is 2. The number of carbonyl (C=O) groups is 2. The number of amides is 3. The van der Waals surface area contributed by atoms with E-state index in [1.54, 1.807) is 48.5 Å². The van der Waals surface area contributed by atoms with Gasteiger partial charge in [-0.25, -0.2) is 9.79 Å². The van der Waals surface area contributed by atoms with E-state index in [2.05, 4.69) is 47.7 Å². The first-order valence-electron chi connectivity index (χ1n) is 14.6. The Morgan fingerprint density at radius 1 is 0.884 bits per heavy atom. The number of anilines is 2. The van der Waals surface area contributed by atoms with Gasteiger partial charge in [0, 0.05) is 81.1 Å². The number of benzene rings is 2. The van der Waals surface area contributed by atoms with Crippen molar-refractivity contribution in [2.45, 2.75) is 0 Å². The number of rotatable bonds is 8. The minimum Gasteiger partial charge on any atom is -0.378 e. The number of aromatic amines is 1. The van der Waals surface area contributed by atoms with E-state index in [0.717, 1.165) is 38.4 Å². The molecule has 0 unspecified atom stereocenters. The molecule has 43 heavy (non-hydrogen) atoms. The third-order valence-electron chi connectivity index (χ3n) is 7.50. The van der Waals surface area contributed by atoms with Gasteiger partial charge < -0.3 is 35.5 Å². The van der Waals surface area contributed by atoms with Crippen molar-refractivity contribution < 1.29 is 14.3 Å². The van der Waals surface area contributed by atoms with Crippen LogP contribution < -0.4 is 16.0 Å². The number of urea groups is 1. The Labute approximate surface area is 251 Å². The predicted octanol–water partition coefficient (Wildman–Crippen LogP) is 2.74. The summed E-state index contributed by atoms with van der Waals surface area (Å²) in [7, 11) is 2.12. The second-order valence-electron chi connectivity index (χ2n) is 10.6. The third kappa shape index (κ3) is 8.51. The lowest BCUT2D eigenvalue weighted by Gasteiger charge is -2.32. The molecule has 0 bridgehead atoms. The molecule has 12 nitrogen and oxygen atoms in total. The maximum absolute atomic E-state index is 12.6. The molecule has 0 atom stereocenters. The molecule has 2 aliphatic heterocycles. The number of morpholine rings is 1. The first-order valence-corrected chi connectivity index (χ1v) is 14.6. The number of hydrogen-bond donors (Lipinski definition) is 5. The first kappa shape index (κ1) is 30.0. The summed E-state index contributed by atoms with van der Waals surface area (Å²) in [6.45, 7) is 8.20. The number of nitrogens with one attached hydrogen (secondary N) is 5.